The molecule has 0 aromatic heterocycles. The van der Waals surface area contributed by atoms with Gasteiger partial charge in [0.25, 0.3) is 0 Å². The van der Waals surface area contributed by atoms with Crippen molar-refractivity contribution in [3.05, 3.63) is 12.7 Å². The first-order valence-corrected chi connectivity index (χ1v) is 11.4. The van der Waals surface area contributed by atoms with Crippen molar-refractivity contribution in [3.63, 3.8) is 0 Å². The molecule has 0 spiro atoms. The van der Waals surface area contributed by atoms with Gasteiger partial charge in [-0.3, -0.25) is 4.79 Å². The summed E-state index contributed by atoms with van der Waals surface area (Å²) in [5, 5.41) is 2.91. The maximum Gasteiger partial charge on any atom is 0.244 e. The van der Waals surface area contributed by atoms with Crippen LogP contribution in [0.15, 0.2) is 12.7 Å². The van der Waals surface area contributed by atoms with Crippen molar-refractivity contribution in [3.8, 4) is 0 Å². The topological polar surface area (TPSA) is 55.1 Å². The van der Waals surface area contributed by atoms with E-state index in [0.29, 0.717) is 5.92 Å². The van der Waals surface area contributed by atoms with E-state index < -0.39 is 5.66 Å². The number of unbranched alkanes of at least 4 members (excludes halogenated alkanes) is 8. The lowest BCUT2D eigenvalue weighted by Crippen LogP contribution is -2.56. The van der Waals surface area contributed by atoms with E-state index >= 15 is 0 Å². The third kappa shape index (κ3) is 13.1. The molecule has 0 rings (SSSR count). The molecule has 3 N–H and O–H groups in total. The minimum absolute atomic E-state index is 0.105. The number of amides is 1. The Morgan fingerprint density at radius 2 is 1.37 bits per heavy atom. The van der Waals surface area contributed by atoms with E-state index in [-0.39, 0.29) is 11.3 Å². The molecule has 0 saturated carbocycles. The second kappa shape index (κ2) is 14.2. The predicted molar refractivity (Wildman–Crippen MR) is 120 cm³/mol. The average molecular weight is 381 g/mol. The first-order chi connectivity index (χ1) is 12.7. The smallest absolute Gasteiger partial charge is 0.244 e. The van der Waals surface area contributed by atoms with Crippen molar-refractivity contribution in [1.82, 2.24) is 5.32 Å². The molecule has 3 nitrogen and oxygen atoms in total. The Hall–Kier alpha value is -0.830. The van der Waals surface area contributed by atoms with Crippen molar-refractivity contribution in [2.24, 2.45) is 17.1 Å². The maximum absolute atomic E-state index is 11.7. The van der Waals surface area contributed by atoms with Gasteiger partial charge in [-0.05, 0) is 43.6 Å². The third-order valence-corrected chi connectivity index (χ3v) is 5.83. The first kappa shape index (κ1) is 26.2. The summed E-state index contributed by atoms with van der Waals surface area (Å²) in [5.41, 5.74) is 5.83. The molecule has 1 atom stereocenters. The summed E-state index contributed by atoms with van der Waals surface area (Å²) in [6.45, 7) is 14.7. The van der Waals surface area contributed by atoms with Crippen LogP contribution in [0.4, 0.5) is 0 Å². The lowest BCUT2D eigenvalue weighted by atomic mass is 9.69. The summed E-state index contributed by atoms with van der Waals surface area (Å²) in [6, 6.07) is 0. The molecule has 0 saturated heterocycles. The van der Waals surface area contributed by atoms with Crippen LogP contribution >= 0.6 is 0 Å². The highest BCUT2D eigenvalue weighted by atomic mass is 16.1. The molecule has 3 heteroatoms. The summed E-state index contributed by atoms with van der Waals surface area (Å²) < 4.78 is 0. The number of nitrogens with one attached hydrogen (secondary N) is 1. The Kier molecular flexibility index (Phi) is 13.8. The van der Waals surface area contributed by atoms with Gasteiger partial charge in [0.15, 0.2) is 0 Å². The minimum atomic E-state index is -0.697. The molecule has 27 heavy (non-hydrogen) atoms. The number of carbonyl (C=O) groups excluding carboxylic acids is 1. The maximum atomic E-state index is 11.7. The standard InChI is InChI=1S/C24H48N2O/c1-7-10-12-14-16-18-21(19-17-15-13-11-8-2)23(4,5)20-24(6,25)26-22(27)9-3/h9,21H,3,7-8,10-20,25H2,1-2,4-6H3,(H,26,27). The third-order valence-electron chi connectivity index (χ3n) is 5.83. The molecular weight excluding hydrogens is 332 g/mol. The highest BCUT2D eigenvalue weighted by Crippen LogP contribution is 2.40. The number of rotatable bonds is 17. The molecular formula is C24H48N2O. The fraction of sp³-hybridized carbons (Fsp3) is 0.875. The second-order valence-electron chi connectivity index (χ2n) is 9.38. The summed E-state index contributed by atoms with van der Waals surface area (Å²) in [4.78, 5) is 11.7. The van der Waals surface area contributed by atoms with Crippen LogP contribution in [0.25, 0.3) is 0 Å². The van der Waals surface area contributed by atoms with Gasteiger partial charge in [0.05, 0.1) is 5.66 Å². The summed E-state index contributed by atoms with van der Waals surface area (Å²) in [7, 11) is 0. The van der Waals surface area contributed by atoms with E-state index in [1.54, 1.807) is 0 Å². The van der Waals surface area contributed by atoms with Crippen LogP contribution in [0.3, 0.4) is 0 Å². The van der Waals surface area contributed by atoms with Crippen LogP contribution < -0.4 is 11.1 Å². The number of hydrogen-bond donors (Lipinski definition) is 2. The van der Waals surface area contributed by atoms with Crippen LogP contribution in [-0.4, -0.2) is 11.6 Å². The molecule has 0 aliphatic heterocycles. The Morgan fingerprint density at radius 1 is 0.926 bits per heavy atom. The Balaban J connectivity index is 4.78. The van der Waals surface area contributed by atoms with Crippen molar-refractivity contribution < 1.29 is 4.79 Å². The molecule has 160 valence electrons. The van der Waals surface area contributed by atoms with E-state index in [2.05, 4.69) is 39.6 Å². The van der Waals surface area contributed by atoms with Crippen LogP contribution in [0, 0.1) is 11.3 Å². The number of nitrogens with two attached hydrogens (primary N) is 1. The largest absolute Gasteiger partial charge is 0.335 e. The van der Waals surface area contributed by atoms with Gasteiger partial charge in [-0.25, -0.2) is 0 Å². The van der Waals surface area contributed by atoms with Crippen molar-refractivity contribution in [2.75, 3.05) is 0 Å². The SMILES string of the molecule is C=CC(=O)NC(C)(N)CC(C)(C)C(CCCCCCC)CCCCCCC. The molecule has 0 aromatic carbocycles. The number of carbonyl (C=O) groups is 1. The molecule has 0 fully saturated rings. The lowest BCUT2D eigenvalue weighted by Gasteiger charge is -2.41. The summed E-state index contributed by atoms with van der Waals surface area (Å²) in [6.07, 6.45) is 17.9. The molecule has 1 amide bonds. The van der Waals surface area contributed by atoms with E-state index in [1.807, 2.05) is 6.92 Å². The molecule has 0 radical (unpaired) electrons. The summed E-state index contributed by atoms with van der Waals surface area (Å²) in [5.74, 6) is 0.468. The zero-order valence-electron chi connectivity index (χ0n) is 19.0. The van der Waals surface area contributed by atoms with Gasteiger partial charge < -0.3 is 11.1 Å². The van der Waals surface area contributed by atoms with E-state index in [0.717, 1.165) is 6.42 Å². The molecule has 0 aromatic rings. The Bertz CT molecular complexity index is 387. The fourth-order valence-corrected chi connectivity index (χ4v) is 4.38. The van der Waals surface area contributed by atoms with Gasteiger partial charge in [0.1, 0.15) is 0 Å². The monoisotopic (exact) mass is 380 g/mol. The minimum Gasteiger partial charge on any atom is -0.335 e. The Labute approximate surface area is 169 Å². The normalized spacial score (nSPS) is 14.2. The zero-order chi connectivity index (χ0) is 20.8. The molecule has 0 aliphatic carbocycles. The van der Waals surface area contributed by atoms with Crippen LogP contribution in [0.1, 0.15) is 118 Å². The Morgan fingerprint density at radius 3 is 1.78 bits per heavy atom. The summed E-state index contributed by atoms with van der Waals surface area (Å²) >= 11 is 0. The van der Waals surface area contributed by atoms with Crippen LogP contribution in [0.5, 0.6) is 0 Å². The molecule has 0 aliphatic rings. The van der Waals surface area contributed by atoms with E-state index in [9.17, 15) is 4.79 Å². The van der Waals surface area contributed by atoms with Crippen molar-refractivity contribution >= 4 is 5.91 Å². The van der Waals surface area contributed by atoms with Gasteiger partial charge in [-0.2, -0.15) is 0 Å². The first-order valence-electron chi connectivity index (χ1n) is 11.4. The number of hydrogen-bond acceptors (Lipinski definition) is 2. The predicted octanol–water partition coefficient (Wildman–Crippen LogP) is 6.72. The van der Waals surface area contributed by atoms with Gasteiger partial charge in [-0.1, -0.05) is 98.5 Å². The molecule has 0 bridgehead atoms. The van der Waals surface area contributed by atoms with Gasteiger partial charge >= 0.3 is 0 Å². The van der Waals surface area contributed by atoms with Crippen molar-refractivity contribution in [1.29, 1.82) is 0 Å². The highest BCUT2D eigenvalue weighted by molar-refractivity contribution is 5.87. The molecule has 1 unspecified atom stereocenters. The van der Waals surface area contributed by atoms with Crippen LogP contribution in [0.2, 0.25) is 0 Å². The van der Waals surface area contributed by atoms with Gasteiger partial charge in [0.2, 0.25) is 5.91 Å². The van der Waals surface area contributed by atoms with Gasteiger partial charge in [-0.15, -0.1) is 0 Å². The lowest BCUT2D eigenvalue weighted by molar-refractivity contribution is -0.118. The second-order valence-corrected chi connectivity index (χ2v) is 9.38. The fourth-order valence-electron chi connectivity index (χ4n) is 4.38. The van der Waals surface area contributed by atoms with E-state index in [1.165, 1.54) is 83.1 Å². The van der Waals surface area contributed by atoms with Crippen molar-refractivity contribution in [2.45, 2.75) is 124 Å². The molecule has 0 heterocycles. The average Bonchev–Trinajstić information content (AvgIpc) is 2.57. The quantitative estimate of drug-likeness (QED) is 0.167. The van der Waals surface area contributed by atoms with E-state index in [4.69, 9.17) is 5.73 Å². The van der Waals surface area contributed by atoms with Crippen LogP contribution in [-0.2, 0) is 4.79 Å². The zero-order valence-corrected chi connectivity index (χ0v) is 19.0. The van der Waals surface area contributed by atoms with Gasteiger partial charge in [0, 0.05) is 0 Å². The highest BCUT2D eigenvalue weighted by Gasteiger charge is 2.35.